The van der Waals surface area contributed by atoms with Gasteiger partial charge in [0, 0.05) is 28.5 Å². The first-order valence-electron chi connectivity index (χ1n) is 12.8. The normalized spacial score (nSPS) is 14.5. The van der Waals surface area contributed by atoms with E-state index in [4.69, 9.17) is 16.3 Å². The summed E-state index contributed by atoms with van der Waals surface area (Å²) in [5.41, 5.74) is 1.92. The highest BCUT2D eigenvalue weighted by Gasteiger charge is 2.32. The van der Waals surface area contributed by atoms with Crippen molar-refractivity contribution in [1.29, 1.82) is 0 Å². The Balaban J connectivity index is 1.61. The van der Waals surface area contributed by atoms with Gasteiger partial charge in [0.2, 0.25) is 5.91 Å². The second-order valence-electron chi connectivity index (χ2n) is 9.56. The van der Waals surface area contributed by atoms with Crippen LogP contribution in [0.3, 0.4) is 0 Å². The molecule has 3 aromatic rings. The predicted octanol–water partition coefficient (Wildman–Crippen LogP) is 7.33. The highest BCUT2D eigenvalue weighted by atomic mass is 79.9. The van der Waals surface area contributed by atoms with Crippen molar-refractivity contribution in [2.75, 3.05) is 6.61 Å². The number of rotatable bonds is 10. The lowest BCUT2D eigenvalue weighted by Crippen LogP contribution is -2.53. The van der Waals surface area contributed by atoms with E-state index in [1.54, 1.807) is 23.1 Å². The number of benzene rings is 3. The van der Waals surface area contributed by atoms with Crippen molar-refractivity contribution in [3.63, 3.8) is 0 Å². The number of amides is 2. The van der Waals surface area contributed by atoms with Crippen LogP contribution in [0.4, 0.5) is 0 Å². The Kier molecular flexibility index (Phi) is 10.7. The molecule has 0 heterocycles. The molecule has 5 nitrogen and oxygen atoms in total. The molecule has 0 aliphatic heterocycles. The van der Waals surface area contributed by atoms with Crippen LogP contribution in [0.2, 0.25) is 5.02 Å². The molecule has 1 unspecified atom stereocenters. The molecule has 8 heteroatoms. The molecular formula is C30H31Br2ClN2O3. The first-order valence-corrected chi connectivity index (χ1v) is 14.8. The van der Waals surface area contributed by atoms with Crippen molar-refractivity contribution in [2.45, 2.75) is 57.2 Å². The minimum Gasteiger partial charge on any atom is -0.483 e. The molecule has 1 aliphatic rings. The van der Waals surface area contributed by atoms with Crippen molar-refractivity contribution >= 4 is 55.3 Å². The number of nitrogens with zero attached hydrogens (tertiary/aromatic N) is 1. The fraction of sp³-hybridized carbons (Fsp3) is 0.333. The maximum atomic E-state index is 13.8. The van der Waals surface area contributed by atoms with Crippen molar-refractivity contribution in [2.24, 2.45) is 0 Å². The molecule has 0 saturated heterocycles. The van der Waals surface area contributed by atoms with Crippen LogP contribution in [-0.2, 0) is 22.6 Å². The third-order valence-corrected chi connectivity index (χ3v) is 8.12. The molecule has 38 heavy (non-hydrogen) atoms. The van der Waals surface area contributed by atoms with Gasteiger partial charge in [0.15, 0.2) is 6.61 Å². The van der Waals surface area contributed by atoms with E-state index in [1.807, 2.05) is 54.6 Å². The van der Waals surface area contributed by atoms with Gasteiger partial charge in [0.25, 0.3) is 5.91 Å². The van der Waals surface area contributed by atoms with Gasteiger partial charge in [-0.3, -0.25) is 9.59 Å². The zero-order valence-corrected chi connectivity index (χ0v) is 25.0. The largest absolute Gasteiger partial charge is 0.483 e. The van der Waals surface area contributed by atoms with Crippen molar-refractivity contribution in [3.8, 4) is 5.75 Å². The molecule has 1 aliphatic carbocycles. The second kappa shape index (κ2) is 14.2. The SMILES string of the molecule is O=C(NC1CCCCC1)C(Cc1ccccc1)N(Cc1ccc(Br)cc1)C(=O)COc1ccc(Cl)cc1Br. The summed E-state index contributed by atoms with van der Waals surface area (Å²) in [6.45, 7) is 0.0750. The van der Waals surface area contributed by atoms with Gasteiger partial charge in [-0.25, -0.2) is 0 Å². The van der Waals surface area contributed by atoms with Gasteiger partial charge in [-0.1, -0.05) is 89.3 Å². The Morgan fingerprint density at radius 1 is 0.947 bits per heavy atom. The molecule has 1 fully saturated rings. The number of halogens is 3. The molecule has 0 spiro atoms. The summed E-state index contributed by atoms with van der Waals surface area (Å²) < 4.78 is 7.50. The van der Waals surface area contributed by atoms with E-state index in [-0.39, 0.29) is 31.0 Å². The van der Waals surface area contributed by atoms with Crippen LogP contribution in [0, 0.1) is 0 Å². The van der Waals surface area contributed by atoms with Crippen molar-refractivity contribution in [3.05, 3.63) is 97.9 Å². The van der Waals surface area contributed by atoms with E-state index < -0.39 is 6.04 Å². The maximum absolute atomic E-state index is 13.8. The van der Waals surface area contributed by atoms with E-state index in [1.165, 1.54) is 6.42 Å². The van der Waals surface area contributed by atoms with Crippen molar-refractivity contribution in [1.82, 2.24) is 10.2 Å². The van der Waals surface area contributed by atoms with Crippen LogP contribution in [0.25, 0.3) is 0 Å². The van der Waals surface area contributed by atoms with E-state index >= 15 is 0 Å². The maximum Gasteiger partial charge on any atom is 0.261 e. The van der Waals surface area contributed by atoms with Gasteiger partial charge in [-0.05, 0) is 70.2 Å². The Morgan fingerprint density at radius 2 is 1.66 bits per heavy atom. The van der Waals surface area contributed by atoms with E-state index in [2.05, 4.69) is 37.2 Å². The zero-order chi connectivity index (χ0) is 26.9. The van der Waals surface area contributed by atoms with Gasteiger partial charge in [-0.15, -0.1) is 0 Å². The summed E-state index contributed by atoms with van der Waals surface area (Å²) in [7, 11) is 0. The minimum absolute atomic E-state index is 0.126. The van der Waals surface area contributed by atoms with Gasteiger partial charge < -0.3 is 15.0 Å². The number of carbonyl (C=O) groups excluding carboxylic acids is 2. The topological polar surface area (TPSA) is 58.6 Å². The number of carbonyl (C=O) groups is 2. The highest BCUT2D eigenvalue weighted by molar-refractivity contribution is 9.10. The summed E-state index contributed by atoms with van der Waals surface area (Å²) >= 11 is 13.0. The number of hydrogen-bond donors (Lipinski definition) is 1. The summed E-state index contributed by atoms with van der Waals surface area (Å²) in [5, 5.41) is 3.82. The quantitative estimate of drug-likeness (QED) is 0.247. The highest BCUT2D eigenvalue weighted by Crippen LogP contribution is 2.28. The van der Waals surface area contributed by atoms with E-state index in [9.17, 15) is 9.59 Å². The summed E-state index contributed by atoms with van der Waals surface area (Å²) in [6, 6.07) is 22.2. The number of ether oxygens (including phenoxy) is 1. The van der Waals surface area contributed by atoms with Crippen LogP contribution >= 0.6 is 43.5 Å². The first kappa shape index (κ1) is 28.7. The van der Waals surface area contributed by atoms with Crippen LogP contribution in [0.15, 0.2) is 81.7 Å². The van der Waals surface area contributed by atoms with Crippen LogP contribution in [0.5, 0.6) is 5.75 Å². The van der Waals surface area contributed by atoms with E-state index in [0.717, 1.165) is 41.3 Å². The smallest absolute Gasteiger partial charge is 0.261 e. The van der Waals surface area contributed by atoms with Crippen LogP contribution < -0.4 is 10.1 Å². The molecule has 1 N–H and O–H groups in total. The fourth-order valence-electron chi connectivity index (χ4n) is 4.70. The molecule has 0 aromatic heterocycles. The molecule has 1 saturated carbocycles. The molecule has 1 atom stereocenters. The van der Waals surface area contributed by atoms with Crippen LogP contribution in [-0.4, -0.2) is 35.4 Å². The fourth-order valence-corrected chi connectivity index (χ4v) is 5.76. The average molecular weight is 663 g/mol. The third-order valence-electron chi connectivity index (χ3n) is 6.73. The van der Waals surface area contributed by atoms with E-state index in [0.29, 0.717) is 21.7 Å². The number of hydrogen-bond acceptors (Lipinski definition) is 3. The standard InChI is InChI=1S/C30H31Br2ClN2O3/c31-23-13-11-22(12-14-23)19-35(29(36)20-38-28-16-15-24(33)18-26(28)32)27(17-21-7-3-1-4-8-21)30(37)34-25-9-5-2-6-10-25/h1,3-4,7-8,11-16,18,25,27H,2,5-6,9-10,17,19-20H2,(H,34,37). The van der Waals surface area contributed by atoms with Gasteiger partial charge in [-0.2, -0.15) is 0 Å². The van der Waals surface area contributed by atoms with Crippen molar-refractivity contribution < 1.29 is 14.3 Å². The zero-order valence-electron chi connectivity index (χ0n) is 21.0. The second-order valence-corrected chi connectivity index (χ2v) is 11.8. The molecule has 0 radical (unpaired) electrons. The average Bonchev–Trinajstić information content (AvgIpc) is 2.92. The van der Waals surface area contributed by atoms with Gasteiger partial charge in [0.1, 0.15) is 11.8 Å². The molecule has 3 aromatic carbocycles. The first-order chi connectivity index (χ1) is 18.4. The molecular weight excluding hydrogens is 632 g/mol. The Labute approximate surface area is 246 Å². The Bertz CT molecular complexity index is 1220. The third kappa shape index (κ3) is 8.32. The predicted molar refractivity (Wildman–Crippen MR) is 158 cm³/mol. The summed E-state index contributed by atoms with van der Waals surface area (Å²) in [6.07, 6.45) is 5.77. The lowest BCUT2D eigenvalue weighted by molar-refractivity contribution is -0.143. The van der Waals surface area contributed by atoms with Gasteiger partial charge >= 0.3 is 0 Å². The Hall–Kier alpha value is -2.35. The molecule has 4 rings (SSSR count). The molecule has 200 valence electrons. The lowest BCUT2D eigenvalue weighted by atomic mass is 9.94. The Morgan fingerprint density at radius 3 is 2.34 bits per heavy atom. The lowest BCUT2D eigenvalue weighted by Gasteiger charge is -2.33. The number of nitrogens with one attached hydrogen (secondary N) is 1. The molecule has 0 bridgehead atoms. The van der Waals surface area contributed by atoms with Gasteiger partial charge in [0.05, 0.1) is 4.47 Å². The minimum atomic E-state index is -0.687. The summed E-state index contributed by atoms with van der Waals surface area (Å²) in [5.74, 6) is 0.117. The summed E-state index contributed by atoms with van der Waals surface area (Å²) in [4.78, 5) is 29.2. The molecule has 2 amide bonds. The van der Waals surface area contributed by atoms with Crippen LogP contribution in [0.1, 0.15) is 43.2 Å². The monoisotopic (exact) mass is 660 g/mol.